The van der Waals surface area contributed by atoms with Crippen LogP contribution in [-0.4, -0.2) is 34.8 Å². The van der Waals surface area contributed by atoms with Gasteiger partial charge in [-0.05, 0) is 49.4 Å². The number of phenolic OH excluding ortho intramolecular Hbond substituents is 1. The van der Waals surface area contributed by atoms with Gasteiger partial charge in [-0.15, -0.1) is 0 Å². The molecule has 1 aliphatic carbocycles. The van der Waals surface area contributed by atoms with Gasteiger partial charge < -0.3 is 25.6 Å². The van der Waals surface area contributed by atoms with Crippen molar-refractivity contribution in [3.05, 3.63) is 53.3 Å². The molecule has 0 saturated heterocycles. The number of carbonyl (C=O) groups excluding carboxylic acids is 1. The lowest BCUT2D eigenvalue weighted by Gasteiger charge is -2.39. The molecule has 1 unspecified atom stereocenters. The van der Waals surface area contributed by atoms with Gasteiger partial charge in [0.05, 0.1) is 11.8 Å². The van der Waals surface area contributed by atoms with E-state index in [1.807, 2.05) is 12.1 Å². The molecule has 1 fully saturated rings. The van der Waals surface area contributed by atoms with E-state index < -0.39 is 6.10 Å². The largest absolute Gasteiger partial charge is 0.508 e. The predicted molar refractivity (Wildman–Crippen MR) is 116 cm³/mol. The molecule has 31 heavy (non-hydrogen) atoms. The maximum Gasteiger partial charge on any atom is 0.262 e. The van der Waals surface area contributed by atoms with Gasteiger partial charge in [0.2, 0.25) is 0 Å². The Morgan fingerprint density at radius 3 is 2.65 bits per heavy atom. The van der Waals surface area contributed by atoms with Gasteiger partial charge in [-0.25, -0.2) is 4.39 Å². The molecule has 1 aliphatic heterocycles. The van der Waals surface area contributed by atoms with Crippen LogP contribution in [0, 0.1) is 5.82 Å². The molecule has 166 valence electrons. The molecule has 2 aromatic rings. The van der Waals surface area contributed by atoms with Crippen LogP contribution in [0.3, 0.4) is 0 Å². The lowest BCUT2D eigenvalue weighted by molar-refractivity contribution is -0.118. The standard InChI is InChI=1S/C24H29FN2O4/c25-17-6-4-16(5-7-17)8-11-24(9-2-1-3-10-24)26-14-21(29)19-12-18(28)13-20-23(19)31-15-22(30)27-20/h4-7,12-13,21,26,28-29H,1-3,8-11,14-15H2,(H,27,30). The van der Waals surface area contributed by atoms with E-state index in [0.717, 1.165) is 44.1 Å². The molecule has 4 rings (SSSR count). The number of ether oxygens (including phenoxy) is 1. The minimum Gasteiger partial charge on any atom is -0.508 e. The number of rotatable bonds is 7. The third-order valence-corrected chi connectivity index (χ3v) is 6.37. The normalized spacial score (nSPS) is 18.6. The number of benzene rings is 2. The topological polar surface area (TPSA) is 90.8 Å². The molecular formula is C24H29FN2O4. The molecule has 0 bridgehead atoms. The molecule has 0 aromatic heterocycles. The first-order valence-electron chi connectivity index (χ1n) is 10.9. The molecular weight excluding hydrogens is 399 g/mol. The maximum absolute atomic E-state index is 13.2. The van der Waals surface area contributed by atoms with E-state index in [4.69, 9.17) is 4.74 Å². The fourth-order valence-electron chi connectivity index (χ4n) is 4.66. The number of β-amino-alcohol motifs (C(OH)–C–C–N with tert-alkyl or cyclic N) is 1. The van der Waals surface area contributed by atoms with Crippen LogP contribution in [0.25, 0.3) is 0 Å². The highest BCUT2D eigenvalue weighted by molar-refractivity contribution is 5.96. The zero-order valence-electron chi connectivity index (χ0n) is 17.5. The van der Waals surface area contributed by atoms with Crippen molar-refractivity contribution in [2.75, 3.05) is 18.5 Å². The van der Waals surface area contributed by atoms with Crippen molar-refractivity contribution in [3.63, 3.8) is 0 Å². The number of aliphatic hydroxyl groups is 1. The molecule has 1 saturated carbocycles. The monoisotopic (exact) mass is 428 g/mol. The van der Waals surface area contributed by atoms with Gasteiger partial charge in [0, 0.05) is 23.7 Å². The summed E-state index contributed by atoms with van der Waals surface area (Å²) in [5.41, 5.74) is 1.82. The zero-order valence-corrected chi connectivity index (χ0v) is 17.5. The van der Waals surface area contributed by atoms with Crippen molar-refractivity contribution in [2.45, 2.75) is 56.6 Å². The average Bonchev–Trinajstić information content (AvgIpc) is 2.77. The molecule has 1 atom stereocenters. The summed E-state index contributed by atoms with van der Waals surface area (Å²) < 4.78 is 18.7. The Morgan fingerprint density at radius 1 is 1.16 bits per heavy atom. The van der Waals surface area contributed by atoms with Crippen LogP contribution in [-0.2, 0) is 11.2 Å². The van der Waals surface area contributed by atoms with Gasteiger partial charge in [-0.2, -0.15) is 0 Å². The van der Waals surface area contributed by atoms with Gasteiger partial charge >= 0.3 is 0 Å². The van der Waals surface area contributed by atoms with Crippen molar-refractivity contribution in [2.24, 2.45) is 0 Å². The van der Waals surface area contributed by atoms with Crippen LogP contribution < -0.4 is 15.4 Å². The quantitative estimate of drug-likeness (QED) is 0.538. The first-order valence-corrected chi connectivity index (χ1v) is 10.9. The first kappa shape index (κ1) is 21.6. The number of fused-ring (bicyclic) bond motifs is 1. The fourth-order valence-corrected chi connectivity index (χ4v) is 4.66. The summed E-state index contributed by atoms with van der Waals surface area (Å²) >= 11 is 0. The molecule has 4 N–H and O–H groups in total. The summed E-state index contributed by atoms with van der Waals surface area (Å²) in [4.78, 5) is 11.6. The van der Waals surface area contributed by atoms with Crippen LogP contribution >= 0.6 is 0 Å². The van der Waals surface area contributed by atoms with E-state index in [1.54, 1.807) is 0 Å². The second-order valence-electron chi connectivity index (χ2n) is 8.61. The van der Waals surface area contributed by atoms with Crippen LogP contribution in [0.15, 0.2) is 36.4 Å². The molecule has 0 radical (unpaired) electrons. The lowest BCUT2D eigenvalue weighted by Crippen LogP contribution is -2.48. The number of anilines is 1. The Bertz CT molecular complexity index is 926. The first-order chi connectivity index (χ1) is 14.9. The second kappa shape index (κ2) is 9.24. The summed E-state index contributed by atoms with van der Waals surface area (Å²) in [6, 6.07) is 9.53. The highest BCUT2D eigenvalue weighted by atomic mass is 19.1. The summed E-state index contributed by atoms with van der Waals surface area (Å²) in [6.07, 6.45) is 6.33. The smallest absolute Gasteiger partial charge is 0.262 e. The molecule has 1 heterocycles. The predicted octanol–water partition coefficient (Wildman–Crippen LogP) is 3.82. The Hall–Kier alpha value is -2.64. The summed E-state index contributed by atoms with van der Waals surface area (Å²) in [7, 11) is 0. The summed E-state index contributed by atoms with van der Waals surface area (Å²) in [6.45, 7) is 0.184. The van der Waals surface area contributed by atoms with Crippen molar-refractivity contribution in [1.82, 2.24) is 5.32 Å². The van der Waals surface area contributed by atoms with E-state index in [0.29, 0.717) is 23.5 Å². The van der Waals surface area contributed by atoms with E-state index in [2.05, 4.69) is 10.6 Å². The fraction of sp³-hybridized carbons (Fsp3) is 0.458. The SMILES string of the molecule is O=C1COc2c(cc(O)cc2C(O)CNC2(CCc3ccc(F)cc3)CCCCC2)N1. The number of halogens is 1. The second-order valence-corrected chi connectivity index (χ2v) is 8.61. The molecule has 7 heteroatoms. The van der Waals surface area contributed by atoms with Crippen LogP contribution in [0.5, 0.6) is 11.5 Å². The van der Waals surface area contributed by atoms with Gasteiger partial charge in [-0.1, -0.05) is 31.4 Å². The Kier molecular flexibility index (Phi) is 6.43. The summed E-state index contributed by atoms with van der Waals surface area (Å²) in [5.74, 6) is -0.165. The van der Waals surface area contributed by atoms with E-state index in [9.17, 15) is 19.4 Å². The number of carbonyl (C=O) groups is 1. The molecule has 2 aliphatic rings. The molecule has 6 nitrogen and oxygen atoms in total. The minimum atomic E-state index is -0.902. The molecule has 2 aromatic carbocycles. The Balaban J connectivity index is 1.46. The van der Waals surface area contributed by atoms with E-state index >= 15 is 0 Å². The number of hydrogen-bond acceptors (Lipinski definition) is 5. The Morgan fingerprint density at radius 2 is 1.90 bits per heavy atom. The van der Waals surface area contributed by atoms with E-state index in [1.165, 1.54) is 30.7 Å². The van der Waals surface area contributed by atoms with Gasteiger partial charge in [0.15, 0.2) is 6.61 Å². The highest BCUT2D eigenvalue weighted by Crippen LogP contribution is 2.39. The van der Waals surface area contributed by atoms with E-state index in [-0.39, 0.29) is 29.6 Å². The summed E-state index contributed by atoms with van der Waals surface area (Å²) in [5, 5.41) is 27.2. The van der Waals surface area contributed by atoms with Crippen LogP contribution in [0.4, 0.5) is 10.1 Å². The molecule has 1 amide bonds. The van der Waals surface area contributed by atoms with Gasteiger partial charge in [0.25, 0.3) is 5.91 Å². The number of hydrogen-bond donors (Lipinski definition) is 4. The number of aliphatic hydroxyl groups excluding tert-OH is 1. The number of aromatic hydroxyl groups is 1. The minimum absolute atomic E-state index is 0.0395. The molecule has 0 spiro atoms. The maximum atomic E-state index is 13.2. The lowest BCUT2D eigenvalue weighted by atomic mass is 9.77. The van der Waals surface area contributed by atoms with Crippen LogP contribution in [0.1, 0.15) is 55.8 Å². The number of phenols is 1. The number of aryl methyl sites for hydroxylation is 1. The van der Waals surface area contributed by atoms with Gasteiger partial charge in [-0.3, -0.25) is 4.79 Å². The van der Waals surface area contributed by atoms with Crippen molar-refractivity contribution in [3.8, 4) is 11.5 Å². The third-order valence-electron chi connectivity index (χ3n) is 6.37. The number of amides is 1. The van der Waals surface area contributed by atoms with Crippen molar-refractivity contribution in [1.29, 1.82) is 0 Å². The zero-order chi connectivity index (χ0) is 21.8. The number of nitrogens with one attached hydrogen (secondary N) is 2. The van der Waals surface area contributed by atoms with Crippen molar-refractivity contribution < 1.29 is 24.1 Å². The average molecular weight is 429 g/mol. The van der Waals surface area contributed by atoms with Crippen molar-refractivity contribution >= 4 is 11.6 Å². The van der Waals surface area contributed by atoms with Crippen LogP contribution in [0.2, 0.25) is 0 Å². The Labute approximate surface area is 181 Å². The highest BCUT2D eigenvalue weighted by Gasteiger charge is 2.33. The third kappa shape index (κ3) is 5.17. The van der Waals surface area contributed by atoms with Gasteiger partial charge in [0.1, 0.15) is 17.3 Å².